The molecule has 0 spiro atoms. The first-order chi connectivity index (χ1) is 9.09. The summed E-state index contributed by atoms with van der Waals surface area (Å²) in [6.07, 6.45) is 0.405. The number of aliphatic hydroxyl groups is 1. The lowest BCUT2D eigenvalue weighted by atomic mass is 10.2. The number of quaternary nitrogens is 1. The van der Waals surface area contributed by atoms with Crippen LogP contribution in [0.1, 0.15) is 18.9 Å². The summed E-state index contributed by atoms with van der Waals surface area (Å²) in [5, 5.41) is 9.21. The fraction of sp³-hybridized carbons (Fsp3) is 0.533. The van der Waals surface area contributed by atoms with Crippen molar-refractivity contribution in [2.75, 3.05) is 33.4 Å². The van der Waals surface area contributed by atoms with Crippen molar-refractivity contribution in [3.05, 3.63) is 35.9 Å². The minimum Gasteiger partial charge on any atom is -0.460 e. The van der Waals surface area contributed by atoms with Crippen molar-refractivity contribution < 1.29 is 19.1 Å². The van der Waals surface area contributed by atoms with E-state index in [1.54, 1.807) is 6.92 Å². The molecule has 0 saturated heterocycles. The molecule has 1 unspecified atom stereocenters. The van der Waals surface area contributed by atoms with Gasteiger partial charge in [0.25, 0.3) is 0 Å². The fourth-order valence-corrected chi connectivity index (χ4v) is 2.02. The summed E-state index contributed by atoms with van der Waals surface area (Å²) in [4.78, 5) is 11.1. The molecule has 1 aromatic rings. The zero-order valence-corrected chi connectivity index (χ0v) is 11.8. The molecule has 1 atom stereocenters. The Kier molecular flexibility index (Phi) is 6.53. The van der Waals surface area contributed by atoms with Crippen molar-refractivity contribution in [3.63, 3.8) is 0 Å². The average molecular weight is 266 g/mol. The number of aliphatic hydroxyl groups excluding tert-OH is 1. The molecule has 0 radical (unpaired) electrons. The SMILES string of the molecule is CCC(=O)OCC[N+](C)(CCO)Cc1ccccc1. The third-order valence-corrected chi connectivity index (χ3v) is 3.23. The maximum Gasteiger partial charge on any atom is 0.305 e. The number of ether oxygens (including phenoxy) is 1. The van der Waals surface area contributed by atoms with E-state index in [2.05, 4.69) is 19.2 Å². The zero-order chi connectivity index (χ0) is 14.1. The van der Waals surface area contributed by atoms with Crippen molar-refractivity contribution >= 4 is 5.97 Å². The first-order valence-electron chi connectivity index (χ1n) is 6.73. The number of carbonyl (C=O) groups is 1. The number of hydrogen-bond donors (Lipinski definition) is 1. The van der Waals surface area contributed by atoms with Crippen LogP contribution in [0.5, 0.6) is 0 Å². The summed E-state index contributed by atoms with van der Waals surface area (Å²) in [5.41, 5.74) is 1.22. The monoisotopic (exact) mass is 266 g/mol. The van der Waals surface area contributed by atoms with Crippen LogP contribution in [0.4, 0.5) is 0 Å². The van der Waals surface area contributed by atoms with Crippen LogP contribution in [0.15, 0.2) is 30.3 Å². The number of esters is 1. The lowest BCUT2D eigenvalue weighted by Crippen LogP contribution is -2.47. The van der Waals surface area contributed by atoms with E-state index in [1.165, 1.54) is 5.56 Å². The lowest BCUT2D eigenvalue weighted by Gasteiger charge is -2.33. The molecule has 0 aromatic heterocycles. The van der Waals surface area contributed by atoms with Crippen LogP contribution in [-0.2, 0) is 16.1 Å². The average Bonchev–Trinajstić information content (AvgIpc) is 2.39. The Bertz CT molecular complexity index is 380. The molecule has 4 nitrogen and oxygen atoms in total. The Labute approximate surface area is 115 Å². The third kappa shape index (κ3) is 5.85. The molecule has 0 amide bonds. The highest BCUT2D eigenvalue weighted by molar-refractivity contribution is 5.68. The molecule has 0 heterocycles. The molecule has 0 saturated carbocycles. The second kappa shape index (κ2) is 7.92. The van der Waals surface area contributed by atoms with Gasteiger partial charge in [0.15, 0.2) is 0 Å². The summed E-state index contributed by atoms with van der Waals surface area (Å²) < 4.78 is 5.80. The minimum absolute atomic E-state index is 0.130. The molecule has 0 aliphatic rings. The predicted octanol–water partition coefficient (Wildman–Crippen LogP) is 1.58. The highest BCUT2D eigenvalue weighted by Crippen LogP contribution is 2.11. The summed E-state index contributed by atoms with van der Waals surface area (Å²) in [6.45, 7) is 4.50. The van der Waals surface area contributed by atoms with E-state index < -0.39 is 0 Å². The standard InChI is InChI=1S/C15H24NO3/c1-3-15(18)19-12-10-16(2,9-11-17)13-14-7-5-4-6-8-14/h4-8,17H,3,9-13H2,1-2H3/q+1. The zero-order valence-electron chi connectivity index (χ0n) is 11.8. The van der Waals surface area contributed by atoms with Gasteiger partial charge in [0.2, 0.25) is 0 Å². The molecule has 1 N–H and O–H groups in total. The molecule has 1 rings (SSSR count). The maximum atomic E-state index is 11.1. The summed E-state index contributed by atoms with van der Waals surface area (Å²) in [5.74, 6) is -0.171. The van der Waals surface area contributed by atoms with Crippen molar-refractivity contribution in [1.82, 2.24) is 0 Å². The van der Waals surface area contributed by atoms with Gasteiger partial charge in [-0.2, -0.15) is 0 Å². The van der Waals surface area contributed by atoms with E-state index >= 15 is 0 Å². The van der Waals surface area contributed by atoms with Crippen LogP contribution in [0.25, 0.3) is 0 Å². The quantitative estimate of drug-likeness (QED) is 0.574. The van der Waals surface area contributed by atoms with Gasteiger partial charge in [-0.3, -0.25) is 4.79 Å². The van der Waals surface area contributed by atoms with Crippen LogP contribution < -0.4 is 0 Å². The Morgan fingerprint density at radius 3 is 2.53 bits per heavy atom. The summed E-state index contributed by atoms with van der Waals surface area (Å²) in [6, 6.07) is 10.2. The van der Waals surface area contributed by atoms with E-state index in [4.69, 9.17) is 4.74 Å². The highest BCUT2D eigenvalue weighted by atomic mass is 16.5. The van der Waals surface area contributed by atoms with Crippen molar-refractivity contribution in [2.24, 2.45) is 0 Å². The normalized spacial score (nSPS) is 13.8. The number of nitrogens with zero attached hydrogens (tertiary/aromatic N) is 1. The molecular weight excluding hydrogens is 242 g/mol. The fourth-order valence-electron chi connectivity index (χ4n) is 2.02. The molecule has 0 bridgehead atoms. The molecule has 106 valence electrons. The van der Waals surface area contributed by atoms with E-state index in [1.807, 2.05) is 18.2 Å². The largest absolute Gasteiger partial charge is 0.460 e. The number of rotatable bonds is 8. The smallest absolute Gasteiger partial charge is 0.305 e. The van der Waals surface area contributed by atoms with Gasteiger partial charge in [-0.25, -0.2) is 0 Å². The van der Waals surface area contributed by atoms with Crippen LogP contribution in [-0.4, -0.2) is 48.9 Å². The minimum atomic E-state index is -0.171. The van der Waals surface area contributed by atoms with Crippen LogP contribution in [0.3, 0.4) is 0 Å². The first kappa shape index (κ1) is 15.7. The van der Waals surface area contributed by atoms with Crippen molar-refractivity contribution in [2.45, 2.75) is 19.9 Å². The Morgan fingerprint density at radius 1 is 1.26 bits per heavy atom. The van der Waals surface area contributed by atoms with Gasteiger partial charge in [-0.05, 0) is 0 Å². The second-order valence-electron chi connectivity index (χ2n) is 5.01. The van der Waals surface area contributed by atoms with Crippen LogP contribution in [0, 0.1) is 0 Å². The molecule has 19 heavy (non-hydrogen) atoms. The van der Waals surface area contributed by atoms with Crippen molar-refractivity contribution in [3.8, 4) is 0 Å². The van der Waals surface area contributed by atoms with Gasteiger partial charge in [-0.15, -0.1) is 0 Å². The molecule has 1 aromatic carbocycles. The Hall–Kier alpha value is -1.39. The second-order valence-corrected chi connectivity index (χ2v) is 5.01. The topological polar surface area (TPSA) is 46.5 Å². The number of hydrogen-bond acceptors (Lipinski definition) is 3. The third-order valence-electron chi connectivity index (χ3n) is 3.23. The van der Waals surface area contributed by atoms with Crippen molar-refractivity contribution in [1.29, 1.82) is 0 Å². The Morgan fingerprint density at radius 2 is 1.95 bits per heavy atom. The first-order valence-corrected chi connectivity index (χ1v) is 6.73. The van der Waals surface area contributed by atoms with Crippen LogP contribution in [0.2, 0.25) is 0 Å². The van der Waals surface area contributed by atoms with Gasteiger partial charge in [-0.1, -0.05) is 37.3 Å². The van der Waals surface area contributed by atoms with E-state index in [0.29, 0.717) is 30.6 Å². The number of likely N-dealkylation sites (N-methyl/N-ethyl adjacent to an activating group) is 1. The molecule has 0 aliphatic carbocycles. The summed E-state index contributed by atoms with van der Waals surface area (Å²) >= 11 is 0. The molecule has 0 aliphatic heterocycles. The number of benzene rings is 1. The summed E-state index contributed by atoms with van der Waals surface area (Å²) in [7, 11) is 2.07. The molecular formula is C15H24NO3+. The number of carbonyl (C=O) groups excluding carboxylic acids is 1. The molecule has 4 heteroatoms. The van der Waals surface area contributed by atoms with Gasteiger partial charge >= 0.3 is 5.97 Å². The maximum absolute atomic E-state index is 11.1. The predicted molar refractivity (Wildman–Crippen MR) is 74.4 cm³/mol. The van der Waals surface area contributed by atoms with Gasteiger partial charge < -0.3 is 14.3 Å². The van der Waals surface area contributed by atoms with E-state index in [9.17, 15) is 9.90 Å². The van der Waals surface area contributed by atoms with E-state index in [0.717, 1.165) is 6.54 Å². The lowest BCUT2D eigenvalue weighted by molar-refractivity contribution is -0.923. The van der Waals surface area contributed by atoms with Gasteiger partial charge in [0, 0.05) is 12.0 Å². The molecule has 0 fully saturated rings. The van der Waals surface area contributed by atoms with E-state index in [-0.39, 0.29) is 12.6 Å². The Balaban J connectivity index is 2.55. The van der Waals surface area contributed by atoms with Gasteiger partial charge in [0.05, 0.1) is 13.7 Å². The van der Waals surface area contributed by atoms with Crippen LogP contribution >= 0.6 is 0 Å². The highest BCUT2D eigenvalue weighted by Gasteiger charge is 2.22. The van der Waals surface area contributed by atoms with Gasteiger partial charge in [0.1, 0.15) is 26.2 Å².